The van der Waals surface area contributed by atoms with Crippen molar-refractivity contribution in [1.29, 1.82) is 0 Å². The van der Waals surface area contributed by atoms with Gasteiger partial charge in [-0.2, -0.15) is 0 Å². The molecule has 2 aromatic rings. The van der Waals surface area contributed by atoms with Crippen molar-refractivity contribution >= 4 is 16.4 Å². The number of imidazole rings is 1. The lowest BCUT2D eigenvalue weighted by Crippen LogP contribution is -2.28. The normalized spacial score (nSPS) is 20.3. The molecule has 138 valence electrons. The first-order valence-corrected chi connectivity index (χ1v) is 9.84. The van der Waals surface area contributed by atoms with Gasteiger partial charge in [0.1, 0.15) is 17.5 Å². The molecule has 0 bridgehead atoms. The van der Waals surface area contributed by atoms with Crippen molar-refractivity contribution in [3.8, 4) is 5.75 Å². The van der Waals surface area contributed by atoms with Gasteiger partial charge in [0, 0.05) is 48.5 Å². The second-order valence-electron chi connectivity index (χ2n) is 7.56. The highest BCUT2D eigenvalue weighted by Gasteiger charge is 2.29. The van der Waals surface area contributed by atoms with Gasteiger partial charge in [-0.25, -0.2) is 4.98 Å². The van der Waals surface area contributed by atoms with Gasteiger partial charge in [0.25, 0.3) is 0 Å². The van der Waals surface area contributed by atoms with Crippen molar-refractivity contribution in [1.82, 2.24) is 14.3 Å². The number of ether oxygens (including phenoxy) is 1. The maximum Gasteiger partial charge on any atom is 0.141 e. The van der Waals surface area contributed by atoms with Gasteiger partial charge < -0.3 is 14.2 Å². The molecule has 0 aliphatic carbocycles. The van der Waals surface area contributed by atoms with Crippen molar-refractivity contribution < 1.29 is 14.1 Å². The van der Waals surface area contributed by atoms with Crippen LogP contribution in [0.3, 0.4) is 0 Å². The van der Waals surface area contributed by atoms with E-state index in [9.17, 15) is 4.21 Å². The summed E-state index contributed by atoms with van der Waals surface area (Å²) in [4.78, 5) is 7.29. The molecule has 3 heterocycles. The number of aromatic nitrogens is 2. The molecule has 1 aliphatic rings. The van der Waals surface area contributed by atoms with E-state index in [0.717, 1.165) is 30.9 Å². The Hall–Kier alpha value is -1.44. The molecule has 1 saturated heterocycles. The van der Waals surface area contributed by atoms with Crippen LogP contribution in [0.4, 0.5) is 0 Å². The maximum absolute atomic E-state index is 13.1. The molecule has 0 spiro atoms. The fraction of sp³-hybridized carbons (Fsp3) is 0.611. The summed E-state index contributed by atoms with van der Waals surface area (Å²) in [6.45, 7) is 10.4. The molecular weight excluding hydrogens is 338 g/mol. The highest BCUT2D eigenvalue weighted by atomic mass is 32.2. The zero-order valence-electron chi connectivity index (χ0n) is 15.4. The van der Waals surface area contributed by atoms with Crippen molar-refractivity contribution in [3.05, 3.63) is 24.2 Å². The molecule has 1 aliphatic heterocycles. The van der Waals surface area contributed by atoms with Crippen LogP contribution in [-0.4, -0.2) is 60.7 Å². The molecule has 25 heavy (non-hydrogen) atoms. The largest absolute Gasteiger partial charge is 0.488 e. The predicted octanol–water partition coefficient (Wildman–Crippen LogP) is 1.99. The van der Waals surface area contributed by atoms with Crippen LogP contribution >= 0.6 is 0 Å². The fourth-order valence-electron chi connectivity index (χ4n) is 3.09. The van der Waals surface area contributed by atoms with E-state index in [1.54, 1.807) is 6.20 Å². The number of rotatable bonds is 5. The minimum Gasteiger partial charge on any atom is -0.488 e. The number of β-amino-alcohol motifs (C(OH)–C–C–N with tert-alkyl or cyclic N) is 1. The number of hydrogen-bond acceptors (Lipinski definition) is 5. The third kappa shape index (κ3) is 3.88. The Balaban J connectivity index is 1.94. The van der Waals surface area contributed by atoms with E-state index in [0.29, 0.717) is 17.2 Å². The van der Waals surface area contributed by atoms with E-state index in [2.05, 4.69) is 9.88 Å². The lowest BCUT2D eigenvalue weighted by Gasteiger charge is -2.22. The Bertz CT molecular complexity index is 782. The van der Waals surface area contributed by atoms with Crippen LogP contribution in [0, 0.1) is 6.92 Å². The molecule has 6 nitrogen and oxygen atoms in total. The number of aliphatic hydroxyl groups is 1. The summed E-state index contributed by atoms with van der Waals surface area (Å²) in [6.07, 6.45) is 4.65. The van der Waals surface area contributed by atoms with E-state index in [-0.39, 0.29) is 17.5 Å². The molecule has 7 heteroatoms. The summed E-state index contributed by atoms with van der Waals surface area (Å²) in [5.74, 6) is 0.655. The van der Waals surface area contributed by atoms with Crippen LogP contribution in [-0.2, 0) is 10.8 Å². The Morgan fingerprint density at radius 2 is 2.20 bits per heavy atom. The number of hydrogen-bond donors (Lipinski definition) is 1. The van der Waals surface area contributed by atoms with Gasteiger partial charge in [0.15, 0.2) is 0 Å². The first-order valence-electron chi connectivity index (χ1n) is 8.69. The van der Waals surface area contributed by atoms with Gasteiger partial charge in [-0.1, -0.05) is 0 Å². The summed E-state index contributed by atoms with van der Waals surface area (Å²) in [5.41, 5.74) is 1.80. The molecule has 1 fully saturated rings. The van der Waals surface area contributed by atoms with Gasteiger partial charge >= 0.3 is 0 Å². The molecule has 2 unspecified atom stereocenters. The summed E-state index contributed by atoms with van der Waals surface area (Å²) in [7, 11) is -1.20. The molecule has 3 rings (SSSR count). The molecule has 0 aromatic carbocycles. The van der Waals surface area contributed by atoms with Crippen molar-refractivity contribution in [3.63, 3.8) is 0 Å². The van der Waals surface area contributed by atoms with Crippen molar-refractivity contribution in [2.45, 2.75) is 49.9 Å². The Labute approximate surface area is 151 Å². The van der Waals surface area contributed by atoms with Gasteiger partial charge in [-0.15, -0.1) is 0 Å². The third-order valence-electron chi connectivity index (χ3n) is 4.45. The quantitative estimate of drug-likeness (QED) is 0.878. The van der Waals surface area contributed by atoms with Crippen LogP contribution in [0.5, 0.6) is 5.75 Å². The Morgan fingerprint density at radius 1 is 1.44 bits per heavy atom. The standard InChI is InChI=1S/C18H27N3O3S/c1-13-10-19-17-9-15(24-14-5-6-20(11-14)7-8-22)16(12-21(13)17)25(23)18(2,3)4/h9-10,12,14,22H,5-8,11H2,1-4H3. The molecule has 0 radical (unpaired) electrons. The second kappa shape index (κ2) is 7.05. The maximum atomic E-state index is 13.1. The molecule has 2 atom stereocenters. The summed E-state index contributed by atoms with van der Waals surface area (Å²) in [6, 6.07) is 1.89. The van der Waals surface area contributed by atoms with Crippen LogP contribution in [0.1, 0.15) is 32.9 Å². The van der Waals surface area contributed by atoms with Gasteiger partial charge in [-0.3, -0.25) is 9.11 Å². The van der Waals surface area contributed by atoms with E-state index in [4.69, 9.17) is 9.84 Å². The SMILES string of the molecule is Cc1cnc2cc(OC3CCN(CCO)C3)c(S(=O)C(C)(C)C)cn12. The van der Waals surface area contributed by atoms with Gasteiger partial charge in [0.05, 0.1) is 22.3 Å². The number of aryl methyl sites for hydroxylation is 1. The summed E-state index contributed by atoms with van der Waals surface area (Å²) < 4.78 is 20.9. The third-order valence-corrected chi connectivity index (χ3v) is 6.27. The molecule has 2 aromatic heterocycles. The predicted molar refractivity (Wildman–Crippen MR) is 98.6 cm³/mol. The lowest BCUT2D eigenvalue weighted by molar-refractivity contribution is 0.178. The highest BCUT2D eigenvalue weighted by molar-refractivity contribution is 7.86. The molecule has 1 N–H and O–H groups in total. The lowest BCUT2D eigenvalue weighted by atomic mass is 10.3. The van der Waals surface area contributed by atoms with Crippen LogP contribution < -0.4 is 4.74 Å². The molecule has 0 saturated carbocycles. The fourth-order valence-corrected chi connectivity index (χ4v) is 4.24. The van der Waals surface area contributed by atoms with Crippen molar-refractivity contribution in [2.24, 2.45) is 0 Å². The average molecular weight is 365 g/mol. The van der Waals surface area contributed by atoms with Crippen molar-refractivity contribution in [2.75, 3.05) is 26.2 Å². The smallest absolute Gasteiger partial charge is 0.141 e. The zero-order chi connectivity index (χ0) is 18.2. The van der Waals surface area contributed by atoms with E-state index >= 15 is 0 Å². The second-order valence-corrected chi connectivity index (χ2v) is 9.77. The highest BCUT2D eigenvalue weighted by Crippen LogP contribution is 2.32. The topological polar surface area (TPSA) is 67.1 Å². The van der Waals surface area contributed by atoms with Crippen LogP contribution in [0.2, 0.25) is 0 Å². The zero-order valence-corrected chi connectivity index (χ0v) is 16.2. The Morgan fingerprint density at radius 3 is 2.88 bits per heavy atom. The first-order chi connectivity index (χ1) is 11.8. The number of likely N-dealkylation sites (tertiary alicyclic amines) is 1. The number of aliphatic hydroxyl groups excluding tert-OH is 1. The minimum atomic E-state index is -1.20. The van der Waals surface area contributed by atoms with Crippen LogP contribution in [0.25, 0.3) is 5.65 Å². The van der Waals surface area contributed by atoms with Gasteiger partial charge in [-0.05, 0) is 34.1 Å². The van der Waals surface area contributed by atoms with Crippen LogP contribution in [0.15, 0.2) is 23.4 Å². The molecule has 0 amide bonds. The van der Waals surface area contributed by atoms with Gasteiger partial charge in [0.2, 0.25) is 0 Å². The van der Waals surface area contributed by atoms with E-state index in [1.165, 1.54) is 0 Å². The number of pyridine rings is 1. The number of nitrogens with zero attached hydrogens (tertiary/aromatic N) is 3. The van der Waals surface area contributed by atoms with E-state index < -0.39 is 10.8 Å². The molecular formula is C18H27N3O3S. The first kappa shape index (κ1) is 18.4. The Kier molecular flexibility index (Phi) is 5.18. The number of fused-ring (bicyclic) bond motifs is 1. The monoisotopic (exact) mass is 365 g/mol. The van der Waals surface area contributed by atoms with E-state index in [1.807, 2.05) is 44.4 Å². The summed E-state index contributed by atoms with van der Waals surface area (Å²) in [5, 5.41) is 9.10. The average Bonchev–Trinajstić information content (AvgIpc) is 3.13. The summed E-state index contributed by atoms with van der Waals surface area (Å²) >= 11 is 0. The minimum absolute atomic E-state index is 0.0424.